The van der Waals surface area contributed by atoms with Gasteiger partial charge in [0.1, 0.15) is 13.2 Å². The monoisotopic (exact) mass is 225 g/mol. The number of likely N-dealkylation sites (N-methyl/N-ethyl adjacent to an activating group) is 1. The van der Waals surface area contributed by atoms with Crippen LogP contribution in [0.2, 0.25) is 0 Å². The van der Waals surface area contributed by atoms with E-state index in [-0.39, 0.29) is 23.6 Å². The zero-order valence-corrected chi connectivity index (χ0v) is 9.57. The number of hydrogen-bond donors (Lipinski definition) is 2. The van der Waals surface area contributed by atoms with Gasteiger partial charge in [-0.3, -0.25) is 0 Å². The largest absolute Gasteiger partial charge is 1.00 e. The van der Waals surface area contributed by atoms with Gasteiger partial charge < -0.3 is 22.6 Å². The molecule has 0 spiro atoms. The summed E-state index contributed by atoms with van der Waals surface area (Å²) in [5.74, 6) is 0. The van der Waals surface area contributed by atoms with E-state index in [1.54, 1.807) is 6.08 Å². The van der Waals surface area contributed by atoms with Crippen LogP contribution in [0.4, 0.5) is 0 Å². The molecule has 0 aromatic heterocycles. The molecule has 1 atom stereocenters. The maximum absolute atomic E-state index is 8.85. The number of nitrogens with zero attached hydrogens (tertiary/aromatic N) is 1. The number of halogens is 1. The predicted molar refractivity (Wildman–Crippen MR) is 50.6 cm³/mol. The van der Waals surface area contributed by atoms with E-state index in [1.807, 2.05) is 14.0 Å². The number of hydrogen-bond acceptors (Lipinski definition) is 3. The van der Waals surface area contributed by atoms with E-state index in [9.17, 15) is 0 Å². The van der Waals surface area contributed by atoms with Gasteiger partial charge in [0.25, 0.3) is 0 Å². The molecule has 0 fully saturated rings. The first-order chi connectivity index (χ1) is 6.04. The Morgan fingerprint density at radius 2 is 2.07 bits per heavy atom. The van der Waals surface area contributed by atoms with Gasteiger partial charge in [0.2, 0.25) is 6.29 Å². The molecule has 5 heteroatoms. The van der Waals surface area contributed by atoms with Crippen molar-refractivity contribution in [1.82, 2.24) is 0 Å². The third-order valence-corrected chi connectivity index (χ3v) is 1.75. The molecule has 0 rings (SSSR count). The molecule has 0 saturated carbocycles. The zero-order valence-electron chi connectivity index (χ0n) is 8.82. The minimum Gasteiger partial charge on any atom is -1.00 e. The second-order valence-electron chi connectivity index (χ2n) is 3.27. The number of quaternary nitrogens is 1. The molecule has 4 nitrogen and oxygen atoms in total. The van der Waals surface area contributed by atoms with Gasteiger partial charge in [0.15, 0.2) is 6.54 Å². The summed E-state index contributed by atoms with van der Waals surface area (Å²) in [7, 11) is 1.83. The molecule has 0 aliphatic rings. The molecule has 14 heavy (non-hydrogen) atoms. The number of aliphatic hydroxyl groups excluding tert-OH is 1. The minimum atomic E-state index is -1.33. The van der Waals surface area contributed by atoms with Crippen molar-refractivity contribution in [1.29, 1.82) is 0 Å². The fourth-order valence-corrected chi connectivity index (χ4v) is 1.26. The van der Waals surface area contributed by atoms with Gasteiger partial charge in [0, 0.05) is 0 Å². The molecule has 0 saturated heterocycles. The van der Waals surface area contributed by atoms with Gasteiger partial charge in [0.05, 0.1) is 7.05 Å². The number of aliphatic hydroxyl groups is 2. The van der Waals surface area contributed by atoms with Crippen LogP contribution < -0.4 is 12.4 Å². The third kappa shape index (κ3) is 7.29. The second-order valence-corrected chi connectivity index (χ2v) is 3.27. The van der Waals surface area contributed by atoms with Crippen LogP contribution in [0, 0.1) is 0 Å². The van der Waals surface area contributed by atoms with E-state index in [2.05, 4.69) is 6.58 Å². The molecule has 86 valence electrons. The van der Waals surface area contributed by atoms with Crippen molar-refractivity contribution in [2.75, 3.05) is 26.7 Å². The average molecular weight is 226 g/mol. The highest BCUT2D eigenvalue weighted by molar-refractivity contribution is 4.62. The van der Waals surface area contributed by atoms with Crippen molar-refractivity contribution in [2.24, 2.45) is 0 Å². The summed E-state index contributed by atoms with van der Waals surface area (Å²) in [5, 5.41) is 17.7. The molecule has 1 unspecified atom stereocenters. The standard InChI is InChI=1S/C9H20NO3.ClH/c1-4-6-10(3,8-9(11)12)13-7-5-2;/h5,9,11-12H,2,4,6-8H2,1,3H3;1H/q+1;/p-1. The highest BCUT2D eigenvalue weighted by Gasteiger charge is 2.25. The summed E-state index contributed by atoms with van der Waals surface area (Å²) in [4.78, 5) is 5.43. The van der Waals surface area contributed by atoms with Crippen molar-refractivity contribution in [3.05, 3.63) is 12.7 Å². The van der Waals surface area contributed by atoms with Gasteiger partial charge in [-0.2, -0.15) is 9.48 Å². The smallest absolute Gasteiger partial charge is 0.205 e. The fourth-order valence-electron chi connectivity index (χ4n) is 1.26. The maximum Gasteiger partial charge on any atom is 0.205 e. The Morgan fingerprint density at radius 1 is 1.50 bits per heavy atom. The van der Waals surface area contributed by atoms with Crippen molar-refractivity contribution in [3.8, 4) is 0 Å². The lowest BCUT2D eigenvalue weighted by molar-refractivity contribution is -1.09. The Morgan fingerprint density at radius 3 is 2.43 bits per heavy atom. The first-order valence-corrected chi connectivity index (χ1v) is 4.50. The predicted octanol–water partition coefficient (Wildman–Crippen LogP) is -2.72. The van der Waals surface area contributed by atoms with Crippen LogP contribution in [0.25, 0.3) is 0 Å². The molecule has 0 aliphatic carbocycles. The highest BCUT2D eigenvalue weighted by atomic mass is 35.5. The van der Waals surface area contributed by atoms with Gasteiger partial charge in [-0.05, 0) is 6.42 Å². The SMILES string of the molecule is C=CCO[N+](C)(CCC)CC(O)O.[Cl-]. The summed E-state index contributed by atoms with van der Waals surface area (Å²) in [6, 6.07) is 0. The van der Waals surface area contributed by atoms with E-state index in [4.69, 9.17) is 15.1 Å². The molecule has 0 aliphatic heterocycles. The lowest BCUT2D eigenvalue weighted by Crippen LogP contribution is -3.00. The Kier molecular flexibility index (Phi) is 9.55. The normalized spacial score (nSPS) is 14.6. The van der Waals surface area contributed by atoms with Crippen LogP contribution in [-0.4, -0.2) is 47.9 Å². The van der Waals surface area contributed by atoms with E-state index < -0.39 is 6.29 Å². The number of rotatable bonds is 7. The van der Waals surface area contributed by atoms with Crippen LogP contribution in [0.15, 0.2) is 12.7 Å². The second kappa shape index (κ2) is 8.20. The van der Waals surface area contributed by atoms with Gasteiger partial charge in [-0.25, -0.2) is 0 Å². The fraction of sp³-hybridized carbons (Fsp3) is 0.778. The highest BCUT2D eigenvalue weighted by Crippen LogP contribution is 2.06. The first kappa shape index (κ1) is 16.3. The van der Waals surface area contributed by atoms with E-state index in [1.165, 1.54) is 0 Å². The van der Waals surface area contributed by atoms with E-state index in [0.29, 0.717) is 6.61 Å². The number of hydroxylamine groups is 3. The molecule has 2 N–H and O–H groups in total. The van der Waals surface area contributed by atoms with Crippen molar-refractivity contribution < 1.29 is 32.1 Å². The van der Waals surface area contributed by atoms with E-state index in [0.717, 1.165) is 13.0 Å². The van der Waals surface area contributed by atoms with Crippen LogP contribution in [0.5, 0.6) is 0 Å². The lowest BCUT2D eigenvalue weighted by atomic mass is 10.4. The van der Waals surface area contributed by atoms with Gasteiger partial charge >= 0.3 is 0 Å². The molecule has 0 aromatic rings. The van der Waals surface area contributed by atoms with Gasteiger partial charge in [-0.15, -0.1) is 6.58 Å². The van der Waals surface area contributed by atoms with Crippen LogP contribution in [0.3, 0.4) is 0 Å². The Hall–Kier alpha value is -0.130. The average Bonchev–Trinajstić information content (AvgIpc) is 2.00. The Labute approximate surface area is 91.7 Å². The zero-order chi connectivity index (χ0) is 10.3. The molecule has 0 heterocycles. The van der Waals surface area contributed by atoms with Crippen LogP contribution >= 0.6 is 0 Å². The molecule has 0 aromatic carbocycles. The third-order valence-electron chi connectivity index (χ3n) is 1.75. The van der Waals surface area contributed by atoms with Crippen molar-refractivity contribution in [2.45, 2.75) is 19.6 Å². The molecule has 0 amide bonds. The molecular weight excluding hydrogens is 206 g/mol. The van der Waals surface area contributed by atoms with Crippen LogP contribution in [-0.2, 0) is 4.84 Å². The summed E-state index contributed by atoms with van der Waals surface area (Å²) < 4.78 is 0.209. The first-order valence-electron chi connectivity index (χ1n) is 4.50. The Bertz CT molecular complexity index is 155. The van der Waals surface area contributed by atoms with E-state index >= 15 is 0 Å². The van der Waals surface area contributed by atoms with Gasteiger partial charge in [-0.1, -0.05) is 13.0 Å². The maximum atomic E-state index is 8.85. The summed E-state index contributed by atoms with van der Waals surface area (Å²) >= 11 is 0. The quantitative estimate of drug-likeness (QED) is 0.214. The summed E-state index contributed by atoms with van der Waals surface area (Å²) in [6.07, 6.45) is 1.25. The topological polar surface area (TPSA) is 49.7 Å². The van der Waals surface area contributed by atoms with Crippen molar-refractivity contribution in [3.63, 3.8) is 0 Å². The Balaban J connectivity index is 0. The summed E-state index contributed by atoms with van der Waals surface area (Å²) in [6.45, 7) is 6.93. The van der Waals surface area contributed by atoms with Crippen molar-refractivity contribution >= 4 is 0 Å². The lowest BCUT2D eigenvalue weighted by Gasteiger charge is -2.31. The molecule has 0 radical (unpaired) electrons. The molecule has 0 bridgehead atoms. The van der Waals surface area contributed by atoms with Crippen LogP contribution in [0.1, 0.15) is 13.3 Å². The summed E-state index contributed by atoms with van der Waals surface area (Å²) in [5.41, 5.74) is 0. The molecular formula is C9H20ClNO3. The minimum absolute atomic E-state index is 0.